The fraction of sp³-hybridized carbons (Fsp3) is 0.143. The van der Waals surface area contributed by atoms with Crippen molar-refractivity contribution in [3.63, 3.8) is 0 Å². The number of esters is 1. The molecule has 0 fully saturated rings. The number of carbonyl (C=O) groups is 3. The van der Waals surface area contributed by atoms with E-state index in [4.69, 9.17) is 4.74 Å². The Kier molecular flexibility index (Phi) is 4.26. The maximum Gasteiger partial charge on any atom is 0.341 e. The minimum absolute atomic E-state index is 0.0582. The lowest BCUT2D eigenvalue weighted by molar-refractivity contribution is 0.0597. The van der Waals surface area contributed by atoms with Crippen LogP contribution in [0.4, 0.5) is 4.39 Å². The van der Waals surface area contributed by atoms with Crippen LogP contribution in [-0.4, -0.2) is 41.8 Å². The maximum absolute atomic E-state index is 13.2. The van der Waals surface area contributed by atoms with Gasteiger partial charge in [0.2, 0.25) is 5.78 Å². The fourth-order valence-corrected chi connectivity index (χ4v) is 3.50. The van der Waals surface area contributed by atoms with Crippen LogP contribution in [0.5, 0.6) is 11.5 Å². The highest BCUT2D eigenvalue weighted by atomic mass is 19.1. The highest BCUT2D eigenvalue weighted by Gasteiger charge is 2.39. The Bertz CT molecular complexity index is 1220. The molecule has 0 saturated heterocycles. The largest absolute Gasteiger partial charge is 0.505 e. The molecule has 7 nitrogen and oxygen atoms in total. The number of nitrogens with zero attached hydrogens (tertiary/aromatic N) is 1. The highest BCUT2D eigenvalue weighted by molar-refractivity contribution is 6.55. The third kappa shape index (κ3) is 2.72. The summed E-state index contributed by atoms with van der Waals surface area (Å²) in [5, 5.41) is 10.7. The molecule has 0 atom stereocenters. The minimum Gasteiger partial charge on any atom is -0.505 e. The van der Waals surface area contributed by atoms with Crippen LogP contribution in [0.3, 0.4) is 0 Å². The van der Waals surface area contributed by atoms with E-state index in [0.29, 0.717) is 11.1 Å². The molecule has 0 unspecified atom stereocenters. The van der Waals surface area contributed by atoms with Crippen molar-refractivity contribution >= 4 is 28.4 Å². The lowest BCUT2D eigenvalue weighted by atomic mass is 9.96. The SMILES string of the molecule is COC(=O)c1cc(OC)c2c3c(Cc4ccc(F)cc4)c(nc2c1O)C(=O)C3=O. The summed E-state index contributed by atoms with van der Waals surface area (Å²) in [5.41, 5.74) is 0.685. The molecule has 4 rings (SSSR count). The quantitative estimate of drug-likeness (QED) is 0.535. The molecule has 1 aromatic heterocycles. The fourth-order valence-electron chi connectivity index (χ4n) is 3.50. The van der Waals surface area contributed by atoms with E-state index in [9.17, 15) is 23.9 Å². The topological polar surface area (TPSA) is 103 Å². The molecular weight excluding hydrogens is 381 g/mol. The molecule has 29 heavy (non-hydrogen) atoms. The smallest absolute Gasteiger partial charge is 0.341 e. The van der Waals surface area contributed by atoms with E-state index < -0.39 is 29.1 Å². The molecule has 0 radical (unpaired) electrons. The van der Waals surface area contributed by atoms with Gasteiger partial charge >= 0.3 is 5.97 Å². The van der Waals surface area contributed by atoms with Gasteiger partial charge in [-0.1, -0.05) is 12.1 Å². The molecule has 0 saturated carbocycles. The third-order valence-corrected chi connectivity index (χ3v) is 4.87. The molecule has 146 valence electrons. The molecule has 2 bridgehead atoms. The van der Waals surface area contributed by atoms with E-state index in [1.54, 1.807) is 12.1 Å². The zero-order valence-corrected chi connectivity index (χ0v) is 15.4. The molecule has 0 aliphatic heterocycles. The Balaban J connectivity index is 2.03. The molecule has 0 spiro atoms. The van der Waals surface area contributed by atoms with Crippen molar-refractivity contribution in [1.82, 2.24) is 4.98 Å². The molecule has 1 heterocycles. The summed E-state index contributed by atoms with van der Waals surface area (Å²) in [7, 11) is 2.48. The number of hydrogen-bond acceptors (Lipinski definition) is 7. The number of carbonyl (C=O) groups excluding carboxylic acids is 3. The third-order valence-electron chi connectivity index (χ3n) is 4.87. The number of halogens is 1. The Morgan fingerprint density at radius 2 is 1.83 bits per heavy atom. The molecular formula is C21H14FNO6. The second-order valence-corrected chi connectivity index (χ2v) is 6.47. The second-order valence-electron chi connectivity index (χ2n) is 6.47. The Hall–Kier alpha value is -3.81. The minimum atomic E-state index is -0.820. The number of rotatable bonds is 4. The summed E-state index contributed by atoms with van der Waals surface area (Å²) in [6.45, 7) is 0. The number of aromatic nitrogens is 1. The summed E-state index contributed by atoms with van der Waals surface area (Å²) in [4.78, 5) is 41.3. The summed E-state index contributed by atoms with van der Waals surface area (Å²) < 4.78 is 23.2. The van der Waals surface area contributed by atoms with Crippen molar-refractivity contribution in [3.8, 4) is 11.5 Å². The van der Waals surface area contributed by atoms with Crippen LogP contribution in [-0.2, 0) is 11.2 Å². The van der Waals surface area contributed by atoms with Gasteiger partial charge in [-0.25, -0.2) is 14.2 Å². The van der Waals surface area contributed by atoms with Gasteiger partial charge in [0.25, 0.3) is 5.78 Å². The van der Waals surface area contributed by atoms with Crippen molar-refractivity contribution in [2.45, 2.75) is 6.42 Å². The number of fused-ring (bicyclic) bond motifs is 4. The van der Waals surface area contributed by atoms with Crippen LogP contribution in [0, 0.1) is 5.82 Å². The predicted octanol–water partition coefficient (Wildman–Crippen LogP) is 2.84. The summed E-state index contributed by atoms with van der Waals surface area (Å²) in [6, 6.07) is 6.88. The number of benzene rings is 2. The number of ketones is 2. The normalized spacial score (nSPS) is 12.5. The van der Waals surface area contributed by atoms with Gasteiger partial charge in [0.15, 0.2) is 5.75 Å². The second kappa shape index (κ2) is 6.66. The van der Waals surface area contributed by atoms with E-state index in [1.807, 2.05) is 0 Å². The molecule has 0 amide bonds. The first-order valence-electron chi connectivity index (χ1n) is 8.55. The standard InChI is InChI=1S/C21H14FNO6/c1-28-13-8-12(21(27)29-2)18(24)17-15(13)14-11(16(23-17)20(26)19(14)25)7-9-3-5-10(22)6-4-9/h3-6,8,24H,7H2,1-2H3. The molecule has 8 heteroatoms. The van der Waals surface area contributed by atoms with Crippen molar-refractivity contribution in [1.29, 1.82) is 0 Å². The van der Waals surface area contributed by atoms with E-state index >= 15 is 0 Å². The summed E-state index contributed by atoms with van der Waals surface area (Å²) in [5.74, 6) is -3.23. The van der Waals surface area contributed by atoms with Crippen molar-refractivity contribution in [2.24, 2.45) is 0 Å². The summed E-state index contributed by atoms with van der Waals surface area (Å²) in [6.07, 6.45) is 0.161. The molecule has 2 aromatic carbocycles. The molecule has 3 aromatic rings. The molecule has 1 N–H and O–H groups in total. The van der Waals surface area contributed by atoms with Crippen LogP contribution in [0.15, 0.2) is 30.3 Å². The van der Waals surface area contributed by atoms with Crippen molar-refractivity contribution < 1.29 is 33.4 Å². The first-order chi connectivity index (χ1) is 13.9. The number of ether oxygens (including phenoxy) is 2. The molecule has 1 aliphatic rings. The van der Waals surface area contributed by atoms with Gasteiger partial charge in [-0.05, 0) is 29.3 Å². The lowest BCUT2D eigenvalue weighted by Crippen LogP contribution is -2.06. The van der Waals surface area contributed by atoms with Gasteiger partial charge in [-0.3, -0.25) is 9.59 Å². The number of phenolic OH excluding ortho intramolecular Hbond substituents is 1. The predicted molar refractivity (Wildman–Crippen MR) is 99.2 cm³/mol. The zero-order valence-electron chi connectivity index (χ0n) is 15.4. The van der Waals surface area contributed by atoms with Gasteiger partial charge in [0.05, 0.1) is 19.6 Å². The van der Waals surface area contributed by atoms with E-state index in [2.05, 4.69) is 9.72 Å². The van der Waals surface area contributed by atoms with Gasteiger partial charge in [0.1, 0.15) is 28.3 Å². The zero-order chi connectivity index (χ0) is 20.9. The maximum atomic E-state index is 13.2. The average molecular weight is 395 g/mol. The first kappa shape index (κ1) is 18.5. The number of hydrogen-bond donors (Lipinski definition) is 1. The number of Topliss-reactive ketones (excluding diaryl/α,β-unsaturated/α-hetero) is 2. The van der Waals surface area contributed by atoms with Gasteiger partial charge in [-0.2, -0.15) is 0 Å². The average Bonchev–Trinajstić information content (AvgIpc) is 2.87. The van der Waals surface area contributed by atoms with Crippen LogP contribution in [0.2, 0.25) is 0 Å². The van der Waals surface area contributed by atoms with Gasteiger partial charge < -0.3 is 14.6 Å². The van der Waals surface area contributed by atoms with Crippen LogP contribution in [0.25, 0.3) is 10.9 Å². The summed E-state index contributed by atoms with van der Waals surface area (Å²) >= 11 is 0. The van der Waals surface area contributed by atoms with Gasteiger partial charge in [-0.15, -0.1) is 0 Å². The monoisotopic (exact) mass is 395 g/mol. The Morgan fingerprint density at radius 1 is 1.14 bits per heavy atom. The van der Waals surface area contributed by atoms with Crippen molar-refractivity contribution in [3.05, 3.63) is 64.1 Å². The number of phenols is 1. The number of aromatic hydroxyl groups is 1. The van der Waals surface area contributed by atoms with E-state index in [0.717, 1.165) is 7.11 Å². The van der Waals surface area contributed by atoms with Crippen LogP contribution in [0.1, 0.15) is 42.3 Å². The highest BCUT2D eigenvalue weighted by Crippen LogP contribution is 2.42. The Morgan fingerprint density at radius 3 is 2.45 bits per heavy atom. The van der Waals surface area contributed by atoms with Crippen molar-refractivity contribution in [2.75, 3.05) is 14.2 Å². The van der Waals surface area contributed by atoms with Gasteiger partial charge in [0, 0.05) is 12.0 Å². The van der Waals surface area contributed by atoms with E-state index in [1.165, 1.54) is 25.3 Å². The lowest BCUT2D eigenvalue weighted by Gasteiger charge is -2.14. The van der Waals surface area contributed by atoms with E-state index in [-0.39, 0.29) is 39.9 Å². The number of pyridine rings is 1. The molecule has 1 aliphatic carbocycles. The Labute approximate surface area is 163 Å². The van der Waals surface area contributed by atoms with Crippen LogP contribution < -0.4 is 4.74 Å². The first-order valence-corrected chi connectivity index (χ1v) is 8.55. The van der Waals surface area contributed by atoms with Crippen LogP contribution >= 0.6 is 0 Å². The number of methoxy groups -OCH3 is 2.